The summed E-state index contributed by atoms with van der Waals surface area (Å²) in [6.07, 6.45) is 3.02. The van der Waals surface area contributed by atoms with Crippen molar-refractivity contribution >= 4 is 30.7 Å². The first-order valence-corrected chi connectivity index (χ1v) is 12.4. The quantitative estimate of drug-likeness (QED) is 0.554. The lowest BCUT2D eigenvalue weighted by Crippen LogP contribution is -2.46. The second kappa shape index (κ2) is 12.0. The van der Waals surface area contributed by atoms with E-state index >= 15 is 0 Å². The fraction of sp³-hybridized carbons (Fsp3) is 0.536. The third-order valence-corrected chi connectivity index (χ3v) is 8.29. The van der Waals surface area contributed by atoms with E-state index in [2.05, 4.69) is 64.2 Å². The summed E-state index contributed by atoms with van der Waals surface area (Å²) < 4.78 is 5.26. The minimum absolute atomic E-state index is 0. The number of hydrogen-bond donors (Lipinski definition) is 0. The molecule has 3 saturated heterocycles. The summed E-state index contributed by atoms with van der Waals surface area (Å²) in [7, 11) is 3.93. The van der Waals surface area contributed by atoms with Crippen LogP contribution in [0.4, 0.5) is 0 Å². The summed E-state index contributed by atoms with van der Waals surface area (Å²) in [6, 6.07) is 19.1. The number of likely N-dealkylation sites (tertiary alicyclic amines) is 3. The molecule has 5 rings (SSSR count). The summed E-state index contributed by atoms with van der Waals surface area (Å²) in [5.74, 6) is 2.51. The summed E-state index contributed by atoms with van der Waals surface area (Å²) in [4.78, 5) is 20.6. The highest BCUT2D eigenvalue weighted by atomic mass is 35.5. The van der Waals surface area contributed by atoms with Crippen LogP contribution < -0.4 is 4.74 Å². The number of nitrogens with zero attached hydrogens (tertiary/aromatic N) is 3. The van der Waals surface area contributed by atoms with Crippen LogP contribution in [0.15, 0.2) is 54.6 Å². The highest BCUT2D eigenvalue weighted by Gasteiger charge is 2.48. The molecule has 3 aliphatic heterocycles. The predicted molar refractivity (Wildman–Crippen MR) is 146 cm³/mol. The molecule has 35 heavy (non-hydrogen) atoms. The molecule has 0 N–H and O–H groups in total. The van der Waals surface area contributed by atoms with Crippen molar-refractivity contribution in [2.45, 2.75) is 31.7 Å². The molecule has 3 aliphatic rings. The zero-order valence-electron chi connectivity index (χ0n) is 20.9. The molecule has 1 spiro atoms. The van der Waals surface area contributed by atoms with Gasteiger partial charge in [-0.2, -0.15) is 0 Å². The number of carbonyl (C=O) groups is 1. The van der Waals surface area contributed by atoms with Crippen molar-refractivity contribution in [3.8, 4) is 5.75 Å². The van der Waals surface area contributed by atoms with Crippen LogP contribution in [0.1, 0.15) is 36.3 Å². The van der Waals surface area contributed by atoms with Gasteiger partial charge in [-0.3, -0.25) is 4.79 Å². The Kier molecular flexibility index (Phi) is 9.50. The van der Waals surface area contributed by atoms with Crippen LogP contribution in [-0.2, 0) is 11.3 Å². The molecule has 7 heteroatoms. The van der Waals surface area contributed by atoms with Crippen molar-refractivity contribution in [2.24, 2.45) is 11.3 Å². The second-order valence-corrected chi connectivity index (χ2v) is 10.4. The van der Waals surface area contributed by atoms with Crippen molar-refractivity contribution in [1.82, 2.24) is 14.7 Å². The fourth-order valence-electron chi connectivity index (χ4n) is 6.30. The maximum Gasteiger partial charge on any atom is 0.229 e. The van der Waals surface area contributed by atoms with Gasteiger partial charge in [0.05, 0.1) is 12.5 Å². The van der Waals surface area contributed by atoms with Crippen LogP contribution in [0.25, 0.3) is 0 Å². The number of likely N-dealkylation sites (N-methyl/N-ethyl adjacent to an activating group) is 1. The Morgan fingerprint density at radius 2 is 1.57 bits per heavy atom. The van der Waals surface area contributed by atoms with Gasteiger partial charge in [-0.15, -0.1) is 24.8 Å². The van der Waals surface area contributed by atoms with E-state index in [9.17, 15) is 4.79 Å². The number of benzene rings is 2. The predicted octanol–water partition coefficient (Wildman–Crippen LogP) is 4.70. The summed E-state index contributed by atoms with van der Waals surface area (Å²) in [5, 5.41) is 0. The van der Waals surface area contributed by atoms with E-state index in [0.717, 1.165) is 64.3 Å². The molecule has 2 aromatic carbocycles. The van der Waals surface area contributed by atoms with Crippen molar-refractivity contribution in [3.63, 3.8) is 0 Å². The molecule has 0 saturated carbocycles. The van der Waals surface area contributed by atoms with E-state index in [0.29, 0.717) is 24.3 Å². The molecule has 3 heterocycles. The van der Waals surface area contributed by atoms with E-state index in [1.165, 1.54) is 11.1 Å². The lowest BCUT2D eigenvalue weighted by Gasteiger charge is -2.39. The standard InChI is InChI=1S/C28H37N3O2.2ClH/c1-29-19-24(26(21-29)23-6-4-3-5-7-23)20-30-15-12-28(13-16-30)14-17-31(27(28)32)18-22-8-10-25(33-2)11-9-22;;/h3-11,24,26H,12-21H2,1-2H3;2*1H. The van der Waals surface area contributed by atoms with Gasteiger partial charge in [0, 0.05) is 38.6 Å². The molecule has 0 aromatic heterocycles. The largest absolute Gasteiger partial charge is 0.497 e. The maximum absolute atomic E-state index is 13.4. The van der Waals surface area contributed by atoms with E-state index in [4.69, 9.17) is 4.74 Å². The van der Waals surface area contributed by atoms with Crippen LogP contribution in [0.3, 0.4) is 0 Å². The van der Waals surface area contributed by atoms with Crippen LogP contribution in [0.2, 0.25) is 0 Å². The van der Waals surface area contributed by atoms with Crippen molar-refractivity contribution in [1.29, 1.82) is 0 Å². The summed E-state index contributed by atoms with van der Waals surface area (Å²) in [5.41, 5.74) is 2.52. The van der Waals surface area contributed by atoms with Gasteiger partial charge in [0.25, 0.3) is 0 Å². The van der Waals surface area contributed by atoms with Crippen molar-refractivity contribution in [2.75, 3.05) is 53.4 Å². The third kappa shape index (κ3) is 5.96. The molecule has 192 valence electrons. The second-order valence-electron chi connectivity index (χ2n) is 10.4. The number of hydrogen-bond acceptors (Lipinski definition) is 4. The molecule has 3 fully saturated rings. The monoisotopic (exact) mass is 519 g/mol. The van der Waals surface area contributed by atoms with Gasteiger partial charge in [-0.1, -0.05) is 42.5 Å². The summed E-state index contributed by atoms with van der Waals surface area (Å²) >= 11 is 0. The molecule has 5 nitrogen and oxygen atoms in total. The lowest BCUT2D eigenvalue weighted by atomic mass is 9.76. The zero-order chi connectivity index (χ0) is 22.8. The van der Waals surface area contributed by atoms with Crippen LogP contribution in [-0.4, -0.2) is 74.0 Å². The van der Waals surface area contributed by atoms with Crippen molar-refractivity contribution < 1.29 is 9.53 Å². The van der Waals surface area contributed by atoms with Gasteiger partial charge in [0.2, 0.25) is 5.91 Å². The molecule has 0 aliphatic carbocycles. The Morgan fingerprint density at radius 3 is 2.23 bits per heavy atom. The Hall–Kier alpha value is -1.79. The van der Waals surface area contributed by atoms with E-state index in [-0.39, 0.29) is 30.2 Å². The van der Waals surface area contributed by atoms with E-state index < -0.39 is 0 Å². The number of amides is 1. The molecular formula is C28H39Cl2N3O2. The Morgan fingerprint density at radius 1 is 0.914 bits per heavy atom. The molecule has 2 atom stereocenters. The van der Waals surface area contributed by atoms with Gasteiger partial charge in [-0.05, 0) is 68.6 Å². The molecule has 0 bridgehead atoms. The first-order valence-electron chi connectivity index (χ1n) is 12.4. The first-order chi connectivity index (χ1) is 16.1. The number of ether oxygens (including phenoxy) is 1. The van der Waals surface area contributed by atoms with Gasteiger partial charge < -0.3 is 19.4 Å². The number of halogens is 2. The fourth-order valence-corrected chi connectivity index (χ4v) is 6.30. The van der Waals surface area contributed by atoms with Crippen LogP contribution in [0.5, 0.6) is 5.75 Å². The number of methoxy groups -OCH3 is 1. The molecular weight excluding hydrogens is 481 g/mol. The average molecular weight is 521 g/mol. The van der Waals surface area contributed by atoms with Gasteiger partial charge >= 0.3 is 0 Å². The minimum atomic E-state index is -0.131. The molecule has 0 radical (unpaired) electrons. The van der Waals surface area contributed by atoms with Gasteiger partial charge in [0.1, 0.15) is 5.75 Å². The SMILES string of the molecule is COc1ccc(CN2CCC3(CCN(CC4CN(C)CC4c4ccccc4)CC3)C2=O)cc1.Cl.Cl. The smallest absolute Gasteiger partial charge is 0.229 e. The Labute approximate surface area is 222 Å². The van der Waals surface area contributed by atoms with Gasteiger partial charge in [0.15, 0.2) is 0 Å². The Bertz CT molecular complexity index is 948. The number of carbonyl (C=O) groups excluding carboxylic acids is 1. The van der Waals surface area contributed by atoms with Gasteiger partial charge in [-0.25, -0.2) is 0 Å². The summed E-state index contributed by atoms with van der Waals surface area (Å²) in [6.45, 7) is 7.13. The first kappa shape index (κ1) is 27.8. The van der Waals surface area contributed by atoms with E-state index in [1.54, 1.807) is 7.11 Å². The third-order valence-electron chi connectivity index (χ3n) is 8.29. The molecule has 1 amide bonds. The van der Waals surface area contributed by atoms with E-state index in [1.807, 2.05) is 12.1 Å². The maximum atomic E-state index is 13.4. The number of piperidine rings is 1. The normalized spacial score (nSPS) is 24.3. The van der Waals surface area contributed by atoms with Crippen molar-refractivity contribution in [3.05, 3.63) is 65.7 Å². The molecule has 2 aromatic rings. The van der Waals surface area contributed by atoms with Crippen LogP contribution >= 0.6 is 24.8 Å². The number of rotatable bonds is 6. The highest BCUT2D eigenvalue weighted by molar-refractivity contribution is 5.86. The zero-order valence-corrected chi connectivity index (χ0v) is 22.5. The Balaban J connectivity index is 0.00000171. The average Bonchev–Trinajstić information content (AvgIpc) is 3.36. The molecule has 2 unspecified atom stereocenters. The highest BCUT2D eigenvalue weighted by Crippen LogP contribution is 2.43. The minimum Gasteiger partial charge on any atom is -0.497 e. The van der Waals surface area contributed by atoms with Crippen LogP contribution in [0, 0.1) is 11.3 Å². The lowest BCUT2D eigenvalue weighted by molar-refractivity contribution is -0.139. The topological polar surface area (TPSA) is 36.0 Å².